The van der Waals surface area contributed by atoms with Gasteiger partial charge in [0.15, 0.2) is 0 Å². The maximum absolute atomic E-state index is 12.1. The summed E-state index contributed by atoms with van der Waals surface area (Å²) in [5.74, 6) is 1.15. The third-order valence-corrected chi connectivity index (χ3v) is 5.34. The van der Waals surface area contributed by atoms with Crippen molar-refractivity contribution in [2.45, 2.75) is 31.7 Å². The molecular weight excluding hydrogens is 270 g/mol. The molecule has 0 N–H and O–H groups in total. The van der Waals surface area contributed by atoms with Gasteiger partial charge in [0.25, 0.3) is 5.56 Å². The Morgan fingerprint density at radius 2 is 2.25 bits per heavy atom. The molecule has 0 spiro atoms. The molecule has 1 fully saturated rings. The third kappa shape index (κ3) is 2.60. The van der Waals surface area contributed by atoms with E-state index >= 15 is 0 Å². The molecule has 3 heterocycles. The van der Waals surface area contributed by atoms with E-state index in [4.69, 9.17) is 0 Å². The third-order valence-electron chi connectivity index (χ3n) is 4.00. The van der Waals surface area contributed by atoms with Gasteiger partial charge in [-0.15, -0.1) is 0 Å². The predicted molar refractivity (Wildman–Crippen MR) is 83.3 cm³/mol. The second-order valence-corrected chi connectivity index (χ2v) is 6.79. The van der Waals surface area contributed by atoms with Gasteiger partial charge in [0.05, 0.1) is 5.69 Å². The molecule has 2 aromatic heterocycles. The van der Waals surface area contributed by atoms with E-state index in [0.29, 0.717) is 11.3 Å². The lowest BCUT2D eigenvalue weighted by Crippen LogP contribution is -2.44. The summed E-state index contributed by atoms with van der Waals surface area (Å²) in [4.78, 5) is 19.1. The van der Waals surface area contributed by atoms with Gasteiger partial charge < -0.3 is 0 Å². The van der Waals surface area contributed by atoms with Gasteiger partial charge in [0, 0.05) is 42.4 Å². The Morgan fingerprint density at radius 1 is 1.40 bits per heavy atom. The Kier molecular flexibility index (Phi) is 3.81. The smallest absolute Gasteiger partial charge is 0.258 e. The van der Waals surface area contributed by atoms with Gasteiger partial charge in [-0.05, 0) is 19.1 Å². The Bertz CT molecular complexity index is 669. The molecule has 0 amide bonds. The van der Waals surface area contributed by atoms with Crippen molar-refractivity contribution in [2.24, 2.45) is 0 Å². The molecule has 1 aliphatic rings. The highest BCUT2D eigenvalue weighted by molar-refractivity contribution is 8.00. The maximum atomic E-state index is 12.1. The lowest BCUT2D eigenvalue weighted by molar-refractivity contribution is 0.202. The van der Waals surface area contributed by atoms with Gasteiger partial charge in [-0.3, -0.25) is 14.1 Å². The van der Waals surface area contributed by atoms with E-state index in [1.54, 1.807) is 16.7 Å². The quantitative estimate of drug-likeness (QED) is 0.848. The summed E-state index contributed by atoms with van der Waals surface area (Å²) in [6.07, 6.45) is 1.76. The number of hydrogen-bond donors (Lipinski definition) is 0. The van der Waals surface area contributed by atoms with Crippen LogP contribution in [0.2, 0.25) is 0 Å². The van der Waals surface area contributed by atoms with Crippen LogP contribution < -0.4 is 5.56 Å². The molecule has 4 nitrogen and oxygen atoms in total. The number of pyridine rings is 1. The summed E-state index contributed by atoms with van der Waals surface area (Å²) in [5, 5.41) is 0.630. The van der Waals surface area contributed by atoms with E-state index in [-0.39, 0.29) is 5.56 Å². The summed E-state index contributed by atoms with van der Waals surface area (Å²) in [6, 6.07) is 7.81. The lowest BCUT2D eigenvalue weighted by atomic mass is 10.2. The Hall–Kier alpha value is -1.33. The zero-order chi connectivity index (χ0) is 14.1. The minimum Gasteiger partial charge on any atom is -0.293 e. The number of rotatable bonds is 2. The van der Waals surface area contributed by atoms with E-state index < -0.39 is 0 Å². The molecule has 0 aliphatic carbocycles. The largest absolute Gasteiger partial charge is 0.293 e. The van der Waals surface area contributed by atoms with Gasteiger partial charge in [0.1, 0.15) is 5.65 Å². The molecule has 3 rings (SSSR count). The number of thioether (sulfide) groups is 1. The highest BCUT2D eigenvalue weighted by atomic mass is 32.2. The van der Waals surface area contributed by atoms with E-state index in [0.717, 1.165) is 30.2 Å². The van der Waals surface area contributed by atoms with Crippen molar-refractivity contribution in [1.29, 1.82) is 0 Å². The topological polar surface area (TPSA) is 37.6 Å². The van der Waals surface area contributed by atoms with Crippen molar-refractivity contribution in [3.8, 4) is 0 Å². The monoisotopic (exact) mass is 289 g/mol. The van der Waals surface area contributed by atoms with Gasteiger partial charge in [-0.2, -0.15) is 11.8 Å². The summed E-state index contributed by atoms with van der Waals surface area (Å²) < 4.78 is 1.58. The van der Waals surface area contributed by atoms with Crippen LogP contribution in [0.5, 0.6) is 0 Å². The molecule has 1 aliphatic heterocycles. The molecular formula is C15H19N3OS. The fourth-order valence-corrected chi connectivity index (χ4v) is 3.77. The van der Waals surface area contributed by atoms with Gasteiger partial charge in [0.2, 0.25) is 0 Å². The average Bonchev–Trinajstić information content (AvgIpc) is 2.44. The van der Waals surface area contributed by atoms with Crippen LogP contribution in [0.3, 0.4) is 0 Å². The fourth-order valence-electron chi connectivity index (χ4n) is 2.61. The van der Waals surface area contributed by atoms with E-state index in [1.165, 1.54) is 0 Å². The van der Waals surface area contributed by atoms with Gasteiger partial charge >= 0.3 is 0 Å². The normalized spacial score (nSPS) is 24.1. The van der Waals surface area contributed by atoms with Crippen LogP contribution in [-0.4, -0.2) is 37.9 Å². The summed E-state index contributed by atoms with van der Waals surface area (Å²) in [5.41, 5.74) is 1.59. The van der Waals surface area contributed by atoms with Gasteiger partial charge in [-0.1, -0.05) is 13.0 Å². The highest BCUT2D eigenvalue weighted by Crippen LogP contribution is 2.25. The van der Waals surface area contributed by atoms with Crippen molar-refractivity contribution in [1.82, 2.24) is 14.3 Å². The SMILES string of the molecule is CC1SCCN(Cc2cc(=O)n3ccccc3n2)C1C. The second-order valence-electron chi connectivity index (χ2n) is 5.30. The van der Waals surface area contributed by atoms with Crippen molar-refractivity contribution < 1.29 is 0 Å². The zero-order valence-electron chi connectivity index (χ0n) is 11.8. The second kappa shape index (κ2) is 5.58. The molecule has 0 aromatic carbocycles. The Balaban J connectivity index is 1.89. The van der Waals surface area contributed by atoms with Crippen LogP contribution in [0, 0.1) is 0 Å². The molecule has 0 radical (unpaired) electrons. The molecule has 106 valence electrons. The zero-order valence-corrected chi connectivity index (χ0v) is 12.6. The maximum Gasteiger partial charge on any atom is 0.258 e. The standard InChI is InChI=1S/C15H19N3OS/c1-11-12(2)20-8-7-17(11)10-13-9-15(19)18-6-4-3-5-14(18)16-13/h3-6,9,11-12H,7-8,10H2,1-2H3. The van der Waals surface area contributed by atoms with E-state index in [9.17, 15) is 4.79 Å². The Morgan fingerprint density at radius 3 is 3.10 bits per heavy atom. The van der Waals surface area contributed by atoms with Crippen molar-refractivity contribution in [2.75, 3.05) is 12.3 Å². The number of fused-ring (bicyclic) bond motifs is 1. The van der Waals surface area contributed by atoms with Crippen LogP contribution in [0.4, 0.5) is 0 Å². The summed E-state index contributed by atoms with van der Waals surface area (Å²) in [7, 11) is 0. The molecule has 5 heteroatoms. The molecule has 1 saturated heterocycles. The number of nitrogens with zero attached hydrogens (tertiary/aromatic N) is 3. The number of hydrogen-bond acceptors (Lipinski definition) is 4. The summed E-state index contributed by atoms with van der Waals surface area (Å²) in [6.45, 7) is 6.34. The Labute approximate surface area is 122 Å². The minimum atomic E-state index is -0.00214. The molecule has 20 heavy (non-hydrogen) atoms. The van der Waals surface area contributed by atoms with Crippen molar-refractivity contribution in [3.05, 3.63) is 46.5 Å². The predicted octanol–water partition coefficient (Wildman–Crippen LogP) is 2.02. The van der Waals surface area contributed by atoms with Crippen LogP contribution in [0.25, 0.3) is 5.65 Å². The fraction of sp³-hybridized carbons (Fsp3) is 0.467. The van der Waals surface area contributed by atoms with Crippen LogP contribution >= 0.6 is 11.8 Å². The molecule has 2 aromatic rings. The molecule has 0 saturated carbocycles. The average molecular weight is 289 g/mol. The van der Waals surface area contributed by atoms with E-state index in [1.807, 2.05) is 30.0 Å². The number of aromatic nitrogens is 2. The van der Waals surface area contributed by atoms with Crippen LogP contribution in [-0.2, 0) is 6.54 Å². The summed E-state index contributed by atoms with van der Waals surface area (Å²) >= 11 is 2.02. The lowest BCUT2D eigenvalue weighted by Gasteiger charge is -2.37. The molecule has 2 atom stereocenters. The highest BCUT2D eigenvalue weighted by Gasteiger charge is 2.25. The van der Waals surface area contributed by atoms with Crippen molar-refractivity contribution in [3.63, 3.8) is 0 Å². The minimum absolute atomic E-state index is 0.00214. The first kappa shape index (κ1) is 13.6. The first-order valence-electron chi connectivity index (χ1n) is 6.98. The van der Waals surface area contributed by atoms with Crippen LogP contribution in [0.15, 0.2) is 35.3 Å². The first-order chi connectivity index (χ1) is 9.65. The van der Waals surface area contributed by atoms with Gasteiger partial charge in [-0.25, -0.2) is 4.98 Å². The first-order valence-corrected chi connectivity index (χ1v) is 8.03. The molecule has 2 unspecified atom stereocenters. The molecule has 0 bridgehead atoms. The van der Waals surface area contributed by atoms with Crippen LogP contribution in [0.1, 0.15) is 19.5 Å². The van der Waals surface area contributed by atoms with Crippen molar-refractivity contribution >= 4 is 17.4 Å². The van der Waals surface area contributed by atoms with E-state index in [2.05, 4.69) is 23.7 Å².